The van der Waals surface area contributed by atoms with Gasteiger partial charge in [0.05, 0.1) is 11.4 Å². The second kappa shape index (κ2) is 6.13. The number of hydrogen-bond acceptors (Lipinski definition) is 2. The molecule has 0 saturated heterocycles. The summed E-state index contributed by atoms with van der Waals surface area (Å²) in [5, 5.41) is 0. The summed E-state index contributed by atoms with van der Waals surface area (Å²) in [4.78, 5) is 6.01. The number of nitrogens with zero attached hydrogens (tertiary/aromatic N) is 2. The SMILES string of the molecule is CSc1ccc(-c2nc3ccccn3c2-c2ccc(F)cc2)cc1. The smallest absolute Gasteiger partial charge is 0.137 e. The van der Waals surface area contributed by atoms with E-state index in [9.17, 15) is 4.39 Å². The first-order valence-electron chi connectivity index (χ1n) is 7.64. The first-order valence-corrected chi connectivity index (χ1v) is 8.86. The molecular weight excluding hydrogens is 319 g/mol. The summed E-state index contributed by atoms with van der Waals surface area (Å²) >= 11 is 1.71. The van der Waals surface area contributed by atoms with Crippen molar-refractivity contribution in [2.24, 2.45) is 0 Å². The van der Waals surface area contributed by atoms with Gasteiger partial charge in [0.2, 0.25) is 0 Å². The molecule has 0 aliphatic carbocycles. The van der Waals surface area contributed by atoms with Crippen LogP contribution in [0.3, 0.4) is 0 Å². The van der Waals surface area contributed by atoms with E-state index in [1.165, 1.54) is 17.0 Å². The summed E-state index contributed by atoms with van der Waals surface area (Å²) in [6.45, 7) is 0. The topological polar surface area (TPSA) is 17.3 Å². The maximum atomic E-state index is 13.3. The van der Waals surface area contributed by atoms with Gasteiger partial charge in [-0.25, -0.2) is 9.37 Å². The van der Waals surface area contributed by atoms with E-state index in [-0.39, 0.29) is 5.82 Å². The predicted molar refractivity (Wildman–Crippen MR) is 97.8 cm³/mol. The largest absolute Gasteiger partial charge is 0.299 e. The summed E-state index contributed by atoms with van der Waals surface area (Å²) in [7, 11) is 0. The minimum absolute atomic E-state index is 0.238. The molecule has 0 atom stereocenters. The van der Waals surface area contributed by atoms with Gasteiger partial charge < -0.3 is 0 Å². The molecule has 2 aromatic carbocycles. The highest BCUT2D eigenvalue weighted by Gasteiger charge is 2.15. The summed E-state index contributed by atoms with van der Waals surface area (Å²) in [5.41, 5.74) is 4.75. The molecule has 0 fully saturated rings. The standard InChI is InChI=1S/C20H15FN2S/c1-24-17-11-7-14(8-12-17)19-20(15-5-9-16(21)10-6-15)23-13-3-2-4-18(23)22-19/h2-13H,1H3. The maximum Gasteiger partial charge on any atom is 0.137 e. The molecule has 2 nitrogen and oxygen atoms in total. The van der Waals surface area contributed by atoms with Gasteiger partial charge >= 0.3 is 0 Å². The molecule has 0 aliphatic heterocycles. The third-order valence-corrected chi connectivity index (χ3v) is 4.75. The third kappa shape index (κ3) is 2.59. The van der Waals surface area contributed by atoms with E-state index in [4.69, 9.17) is 4.98 Å². The summed E-state index contributed by atoms with van der Waals surface area (Å²) in [6, 6.07) is 20.8. The second-order valence-electron chi connectivity index (χ2n) is 5.47. The van der Waals surface area contributed by atoms with Gasteiger partial charge in [-0.15, -0.1) is 11.8 Å². The Morgan fingerprint density at radius 3 is 2.29 bits per heavy atom. The molecule has 118 valence electrons. The fourth-order valence-corrected chi connectivity index (χ4v) is 3.24. The number of hydrogen-bond donors (Lipinski definition) is 0. The lowest BCUT2D eigenvalue weighted by atomic mass is 10.0. The van der Waals surface area contributed by atoms with Gasteiger partial charge in [-0.3, -0.25) is 4.40 Å². The molecule has 0 aliphatic rings. The van der Waals surface area contributed by atoms with E-state index in [2.05, 4.69) is 30.5 Å². The van der Waals surface area contributed by atoms with E-state index in [0.717, 1.165) is 28.2 Å². The van der Waals surface area contributed by atoms with E-state index in [1.54, 1.807) is 23.9 Å². The van der Waals surface area contributed by atoms with Gasteiger partial charge in [0.1, 0.15) is 11.5 Å². The number of rotatable bonds is 3. The van der Waals surface area contributed by atoms with Crippen LogP contribution in [0.25, 0.3) is 28.2 Å². The fraction of sp³-hybridized carbons (Fsp3) is 0.0500. The molecule has 0 unspecified atom stereocenters. The molecule has 0 N–H and O–H groups in total. The molecule has 2 aromatic heterocycles. The molecule has 2 heterocycles. The first-order chi connectivity index (χ1) is 11.8. The monoisotopic (exact) mass is 334 g/mol. The Morgan fingerprint density at radius 2 is 1.58 bits per heavy atom. The molecule has 4 rings (SSSR count). The number of fused-ring (bicyclic) bond motifs is 1. The lowest BCUT2D eigenvalue weighted by molar-refractivity contribution is 0.628. The maximum absolute atomic E-state index is 13.3. The van der Waals surface area contributed by atoms with Crippen molar-refractivity contribution in [3.8, 4) is 22.5 Å². The molecule has 24 heavy (non-hydrogen) atoms. The van der Waals surface area contributed by atoms with Crippen LogP contribution in [0.15, 0.2) is 77.8 Å². The van der Waals surface area contributed by atoms with Crippen molar-refractivity contribution < 1.29 is 4.39 Å². The first kappa shape index (κ1) is 15.0. The van der Waals surface area contributed by atoms with E-state index >= 15 is 0 Å². The molecule has 0 radical (unpaired) electrons. The lowest BCUT2D eigenvalue weighted by Crippen LogP contribution is -1.89. The van der Waals surface area contributed by atoms with Crippen LogP contribution in [-0.4, -0.2) is 15.6 Å². The van der Waals surface area contributed by atoms with Crippen LogP contribution >= 0.6 is 11.8 Å². The number of thioether (sulfide) groups is 1. The highest BCUT2D eigenvalue weighted by Crippen LogP contribution is 2.33. The van der Waals surface area contributed by atoms with Crippen molar-refractivity contribution in [2.45, 2.75) is 4.90 Å². The molecular formula is C20H15FN2S. The zero-order chi connectivity index (χ0) is 16.5. The van der Waals surface area contributed by atoms with Gasteiger partial charge in [0.25, 0.3) is 0 Å². The van der Waals surface area contributed by atoms with Crippen LogP contribution in [0.5, 0.6) is 0 Å². The normalized spacial score (nSPS) is 11.1. The van der Waals surface area contributed by atoms with Gasteiger partial charge in [0, 0.05) is 22.2 Å². The summed E-state index contributed by atoms with van der Waals surface area (Å²) in [6.07, 6.45) is 4.05. The van der Waals surface area contributed by atoms with E-state index in [1.807, 2.05) is 28.8 Å². The van der Waals surface area contributed by atoms with Crippen LogP contribution in [0.2, 0.25) is 0 Å². The zero-order valence-corrected chi connectivity index (χ0v) is 13.9. The lowest BCUT2D eigenvalue weighted by Gasteiger charge is -2.06. The van der Waals surface area contributed by atoms with Gasteiger partial charge in [-0.2, -0.15) is 0 Å². The number of aromatic nitrogens is 2. The molecule has 4 aromatic rings. The van der Waals surface area contributed by atoms with Gasteiger partial charge in [-0.1, -0.05) is 18.2 Å². The van der Waals surface area contributed by atoms with Crippen LogP contribution < -0.4 is 0 Å². The van der Waals surface area contributed by atoms with Crippen molar-refractivity contribution in [1.29, 1.82) is 0 Å². The van der Waals surface area contributed by atoms with Crippen molar-refractivity contribution in [1.82, 2.24) is 9.38 Å². The molecule has 0 saturated carbocycles. The molecule has 0 spiro atoms. The Morgan fingerprint density at radius 1 is 0.875 bits per heavy atom. The summed E-state index contributed by atoms with van der Waals surface area (Å²) in [5.74, 6) is -0.238. The average molecular weight is 334 g/mol. The Balaban J connectivity index is 1.97. The minimum Gasteiger partial charge on any atom is -0.299 e. The van der Waals surface area contributed by atoms with Crippen LogP contribution in [0.4, 0.5) is 4.39 Å². The second-order valence-corrected chi connectivity index (χ2v) is 6.35. The van der Waals surface area contributed by atoms with Crippen molar-refractivity contribution in [3.05, 3.63) is 78.7 Å². The third-order valence-electron chi connectivity index (χ3n) is 4.01. The molecule has 0 amide bonds. The number of pyridine rings is 1. The Bertz CT molecular complexity index is 989. The minimum atomic E-state index is -0.238. The van der Waals surface area contributed by atoms with Crippen LogP contribution in [-0.2, 0) is 0 Å². The number of benzene rings is 2. The van der Waals surface area contributed by atoms with Gasteiger partial charge in [0.15, 0.2) is 0 Å². The van der Waals surface area contributed by atoms with Crippen molar-refractivity contribution in [3.63, 3.8) is 0 Å². The zero-order valence-electron chi connectivity index (χ0n) is 13.1. The quantitative estimate of drug-likeness (QED) is 0.458. The molecule has 4 heteroatoms. The predicted octanol–water partition coefficient (Wildman–Crippen LogP) is 5.53. The molecule has 0 bridgehead atoms. The van der Waals surface area contributed by atoms with Crippen LogP contribution in [0.1, 0.15) is 0 Å². The summed E-state index contributed by atoms with van der Waals surface area (Å²) < 4.78 is 15.4. The van der Waals surface area contributed by atoms with Crippen molar-refractivity contribution >= 4 is 17.4 Å². The van der Waals surface area contributed by atoms with E-state index < -0.39 is 0 Å². The van der Waals surface area contributed by atoms with Crippen molar-refractivity contribution in [2.75, 3.05) is 6.26 Å². The Labute approximate surface area is 144 Å². The van der Waals surface area contributed by atoms with E-state index in [0.29, 0.717) is 0 Å². The number of halogens is 1. The highest BCUT2D eigenvalue weighted by atomic mass is 32.2. The highest BCUT2D eigenvalue weighted by molar-refractivity contribution is 7.98. The number of imidazole rings is 1. The Kier molecular flexibility index (Phi) is 3.82. The van der Waals surface area contributed by atoms with Gasteiger partial charge in [-0.05, 0) is 54.8 Å². The average Bonchev–Trinajstić information content (AvgIpc) is 3.02. The van der Waals surface area contributed by atoms with Crippen LogP contribution in [0, 0.1) is 5.82 Å². The Hall–Kier alpha value is -2.59. The fourth-order valence-electron chi connectivity index (χ4n) is 2.83.